The number of hydrogen-bond acceptors (Lipinski definition) is 3. The molecule has 1 aromatic rings. The molecule has 0 unspecified atom stereocenters. The molecule has 3 amide bonds. The van der Waals surface area contributed by atoms with E-state index in [1.807, 2.05) is 49.3 Å². The van der Waals surface area contributed by atoms with E-state index in [0.29, 0.717) is 26.2 Å². The molecule has 0 atom stereocenters. The summed E-state index contributed by atoms with van der Waals surface area (Å²) < 4.78 is 0. The lowest BCUT2D eigenvalue weighted by molar-refractivity contribution is -0.126. The maximum atomic E-state index is 12.6. The van der Waals surface area contributed by atoms with E-state index in [1.54, 1.807) is 4.90 Å². The second kappa shape index (κ2) is 11.8. The van der Waals surface area contributed by atoms with Crippen LogP contribution in [-0.2, 0) is 11.3 Å². The first-order valence-corrected chi connectivity index (χ1v) is 9.08. The molecule has 146 valence electrons. The van der Waals surface area contributed by atoms with Crippen LogP contribution in [0.15, 0.2) is 30.3 Å². The minimum atomic E-state index is 0. The summed E-state index contributed by atoms with van der Waals surface area (Å²) in [6, 6.07) is 10.0. The van der Waals surface area contributed by atoms with Gasteiger partial charge in [-0.1, -0.05) is 30.3 Å². The fraction of sp³-hybridized carbons (Fsp3) is 0.579. The van der Waals surface area contributed by atoms with Crippen molar-refractivity contribution in [2.45, 2.75) is 25.8 Å². The van der Waals surface area contributed by atoms with Gasteiger partial charge >= 0.3 is 6.03 Å². The van der Waals surface area contributed by atoms with Gasteiger partial charge in [0.1, 0.15) is 0 Å². The molecule has 1 heterocycles. The Kier molecular flexibility index (Phi) is 10.1. The number of amides is 3. The van der Waals surface area contributed by atoms with Gasteiger partial charge in [0.2, 0.25) is 5.91 Å². The first-order chi connectivity index (χ1) is 12.1. The molecule has 6 nitrogen and oxygen atoms in total. The lowest BCUT2D eigenvalue weighted by Crippen LogP contribution is -2.47. The van der Waals surface area contributed by atoms with Crippen molar-refractivity contribution in [1.29, 1.82) is 0 Å². The van der Waals surface area contributed by atoms with Crippen LogP contribution in [0.2, 0.25) is 0 Å². The number of rotatable bonds is 7. The summed E-state index contributed by atoms with van der Waals surface area (Å²) in [6.45, 7) is 3.50. The van der Waals surface area contributed by atoms with Crippen molar-refractivity contribution in [3.63, 3.8) is 0 Å². The Labute approximate surface area is 162 Å². The number of carbonyl (C=O) groups is 2. The number of likely N-dealkylation sites (tertiary alicyclic amines) is 1. The monoisotopic (exact) mass is 382 g/mol. The third-order valence-corrected chi connectivity index (χ3v) is 4.63. The molecule has 1 aromatic carbocycles. The molecule has 1 saturated heterocycles. The van der Waals surface area contributed by atoms with E-state index in [4.69, 9.17) is 0 Å². The predicted molar refractivity (Wildman–Crippen MR) is 106 cm³/mol. The number of benzene rings is 1. The molecule has 7 heteroatoms. The van der Waals surface area contributed by atoms with Crippen molar-refractivity contribution < 1.29 is 9.59 Å². The van der Waals surface area contributed by atoms with Gasteiger partial charge in [-0.2, -0.15) is 0 Å². The smallest absolute Gasteiger partial charge is 0.320 e. The molecule has 0 aromatic heterocycles. The van der Waals surface area contributed by atoms with Gasteiger partial charge in [0.25, 0.3) is 0 Å². The van der Waals surface area contributed by atoms with Gasteiger partial charge < -0.3 is 20.4 Å². The molecule has 2 N–H and O–H groups in total. The molecular weight excluding hydrogens is 352 g/mol. The Morgan fingerprint density at radius 1 is 1.15 bits per heavy atom. The number of hydrogen-bond donors (Lipinski definition) is 2. The van der Waals surface area contributed by atoms with Crippen LogP contribution in [-0.4, -0.2) is 62.0 Å². The summed E-state index contributed by atoms with van der Waals surface area (Å²) in [5.41, 5.74) is 1.12. The second-order valence-electron chi connectivity index (χ2n) is 6.63. The van der Waals surface area contributed by atoms with Crippen LogP contribution in [0.4, 0.5) is 4.79 Å². The van der Waals surface area contributed by atoms with Crippen LogP contribution in [0.5, 0.6) is 0 Å². The highest BCUT2D eigenvalue weighted by Gasteiger charge is 2.28. The topological polar surface area (TPSA) is 64.7 Å². The number of nitrogens with one attached hydrogen (secondary N) is 2. The minimum Gasteiger partial charge on any atom is -0.356 e. The summed E-state index contributed by atoms with van der Waals surface area (Å²) in [7, 11) is 3.74. The van der Waals surface area contributed by atoms with E-state index in [-0.39, 0.29) is 30.3 Å². The first kappa shape index (κ1) is 22.3. The third-order valence-electron chi connectivity index (χ3n) is 4.63. The fourth-order valence-corrected chi connectivity index (χ4v) is 3.12. The second-order valence-corrected chi connectivity index (χ2v) is 6.63. The number of piperidine rings is 1. The Bertz CT molecular complexity index is 548. The number of halogens is 1. The van der Waals surface area contributed by atoms with Crippen LogP contribution in [0.3, 0.4) is 0 Å². The molecule has 0 spiro atoms. The Balaban J connectivity index is 0.00000338. The van der Waals surface area contributed by atoms with Gasteiger partial charge in [-0.05, 0) is 38.4 Å². The van der Waals surface area contributed by atoms with Crippen LogP contribution < -0.4 is 10.6 Å². The molecule has 0 aliphatic carbocycles. The molecule has 1 aliphatic heterocycles. The van der Waals surface area contributed by atoms with E-state index in [9.17, 15) is 9.59 Å². The normalized spacial score (nSPS) is 14.5. The van der Waals surface area contributed by atoms with Gasteiger partial charge in [-0.3, -0.25) is 4.79 Å². The zero-order chi connectivity index (χ0) is 18.1. The molecule has 0 saturated carbocycles. The van der Waals surface area contributed by atoms with Gasteiger partial charge in [0.05, 0.1) is 0 Å². The largest absolute Gasteiger partial charge is 0.356 e. The maximum absolute atomic E-state index is 12.6. The first-order valence-electron chi connectivity index (χ1n) is 9.08. The van der Waals surface area contributed by atoms with E-state index in [1.165, 1.54) is 0 Å². The van der Waals surface area contributed by atoms with Gasteiger partial charge in [-0.25, -0.2) is 4.79 Å². The van der Waals surface area contributed by atoms with Crippen molar-refractivity contribution in [1.82, 2.24) is 20.4 Å². The third kappa shape index (κ3) is 6.84. The van der Waals surface area contributed by atoms with Crippen molar-refractivity contribution >= 4 is 24.3 Å². The standard InChI is InChI=1S/C19H30N4O2.ClH/c1-20-11-6-12-21-18(24)17-9-13-23(14-10-17)19(25)22(2)15-16-7-4-3-5-8-16;/h3-5,7-8,17,20H,6,9-15H2,1-2H3,(H,21,24);1H. The van der Waals surface area contributed by atoms with E-state index in [2.05, 4.69) is 10.6 Å². The summed E-state index contributed by atoms with van der Waals surface area (Å²) >= 11 is 0. The van der Waals surface area contributed by atoms with Crippen molar-refractivity contribution in [2.24, 2.45) is 5.92 Å². The van der Waals surface area contributed by atoms with Gasteiger partial charge in [0.15, 0.2) is 0 Å². The molecular formula is C19H31ClN4O2. The van der Waals surface area contributed by atoms with Gasteiger partial charge in [0, 0.05) is 39.1 Å². The minimum absolute atomic E-state index is 0. The van der Waals surface area contributed by atoms with Crippen LogP contribution in [0.25, 0.3) is 0 Å². The fourth-order valence-electron chi connectivity index (χ4n) is 3.12. The summed E-state index contributed by atoms with van der Waals surface area (Å²) in [6.07, 6.45) is 2.41. The van der Waals surface area contributed by atoms with Crippen molar-refractivity contribution in [3.05, 3.63) is 35.9 Å². The Morgan fingerprint density at radius 2 is 1.81 bits per heavy atom. The number of carbonyl (C=O) groups excluding carboxylic acids is 2. The summed E-state index contributed by atoms with van der Waals surface area (Å²) in [5, 5.41) is 6.06. The average Bonchev–Trinajstić information content (AvgIpc) is 2.65. The van der Waals surface area contributed by atoms with E-state index in [0.717, 1.165) is 31.4 Å². The zero-order valence-corrected chi connectivity index (χ0v) is 16.6. The molecule has 26 heavy (non-hydrogen) atoms. The highest BCUT2D eigenvalue weighted by molar-refractivity contribution is 5.85. The Morgan fingerprint density at radius 3 is 2.42 bits per heavy atom. The number of nitrogens with zero attached hydrogens (tertiary/aromatic N) is 2. The molecule has 1 fully saturated rings. The SMILES string of the molecule is CNCCCNC(=O)C1CCN(C(=O)N(C)Cc2ccccc2)CC1.Cl. The average molecular weight is 383 g/mol. The van der Waals surface area contributed by atoms with E-state index < -0.39 is 0 Å². The predicted octanol–water partition coefficient (Wildman–Crippen LogP) is 2.10. The maximum Gasteiger partial charge on any atom is 0.320 e. The lowest BCUT2D eigenvalue weighted by atomic mass is 9.96. The van der Waals surface area contributed by atoms with Crippen LogP contribution in [0.1, 0.15) is 24.8 Å². The Hall–Kier alpha value is -1.79. The van der Waals surface area contributed by atoms with Crippen LogP contribution in [0, 0.1) is 5.92 Å². The molecule has 0 radical (unpaired) electrons. The molecule has 1 aliphatic rings. The lowest BCUT2D eigenvalue weighted by Gasteiger charge is -2.34. The highest BCUT2D eigenvalue weighted by Crippen LogP contribution is 2.19. The summed E-state index contributed by atoms with van der Waals surface area (Å²) in [4.78, 5) is 28.3. The van der Waals surface area contributed by atoms with Gasteiger partial charge in [-0.15, -0.1) is 12.4 Å². The van der Waals surface area contributed by atoms with Crippen molar-refractivity contribution in [2.75, 3.05) is 40.3 Å². The zero-order valence-electron chi connectivity index (χ0n) is 15.7. The van der Waals surface area contributed by atoms with Crippen molar-refractivity contribution in [3.8, 4) is 0 Å². The molecule has 0 bridgehead atoms. The van der Waals surface area contributed by atoms with Crippen LogP contribution >= 0.6 is 12.4 Å². The summed E-state index contributed by atoms with van der Waals surface area (Å²) in [5.74, 6) is 0.152. The van der Waals surface area contributed by atoms with E-state index >= 15 is 0 Å². The highest BCUT2D eigenvalue weighted by atomic mass is 35.5. The quantitative estimate of drug-likeness (QED) is 0.710. The number of urea groups is 1. The molecule has 2 rings (SSSR count).